The molecule has 0 N–H and O–H groups in total. The molecule has 190 valence electrons. The summed E-state index contributed by atoms with van der Waals surface area (Å²) in [5, 5.41) is 0. The Morgan fingerprint density at radius 3 is 2.26 bits per heavy atom. The average molecular weight is 481 g/mol. The van der Waals surface area contributed by atoms with E-state index in [4.69, 9.17) is 14.2 Å². The van der Waals surface area contributed by atoms with Gasteiger partial charge in [-0.15, -0.1) is 0 Å². The molecular weight excluding hydrogens is 440 g/mol. The van der Waals surface area contributed by atoms with Gasteiger partial charge in [0.15, 0.2) is 0 Å². The zero-order valence-electron chi connectivity index (χ0n) is 21.8. The van der Waals surface area contributed by atoms with Crippen molar-refractivity contribution in [3.8, 4) is 5.75 Å². The third-order valence-electron chi connectivity index (χ3n) is 10.2. The van der Waals surface area contributed by atoms with Crippen LogP contribution in [0.15, 0.2) is 35.9 Å². The first kappa shape index (κ1) is 24.4. The number of benzene rings is 1. The summed E-state index contributed by atoms with van der Waals surface area (Å²) in [7, 11) is 1.70. The first-order valence-electron chi connectivity index (χ1n) is 13.4. The van der Waals surface area contributed by atoms with E-state index in [0.717, 1.165) is 50.7 Å². The number of allylic oxidation sites excluding steroid dienone is 1. The highest BCUT2D eigenvalue weighted by Gasteiger charge is 2.61. The van der Waals surface area contributed by atoms with Crippen LogP contribution < -0.4 is 4.74 Å². The highest BCUT2D eigenvalue weighted by Crippen LogP contribution is 2.67. The SMILES string of the molecule is COc1ccc(C2C=C3CC(OC(C)=O)CC[C@]3(C)[C@H]3CC[C@]4(C)C(OC(C)=O)CC[C@H]4[C@H]23)cc1. The van der Waals surface area contributed by atoms with Crippen molar-refractivity contribution >= 4 is 11.9 Å². The van der Waals surface area contributed by atoms with Crippen LogP contribution >= 0.6 is 0 Å². The van der Waals surface area contributed by atoms with E-state index in [9.17, 15) is 9.59 Å². The van der Waals surface area contributed by atoms with Crippen LogP contribution in [0.1, 0.15) is 84.1 Å². The number of carbonyl (C=O) groups excluding carboxylic acids is 2. The van der Waals surface area contributed by atoms with Crippen LogP contribution in [0.4, 0.5) is 0 Å². The lowest BCUT2D eigenvalue weighted by molar-refractivity contribution is -0.157. The van der Waals surface area contributed by atoms with Gasteiger partial charge in [0, 0.05) is 31.6 Å². The summed E-state index contributed by atoms with van der Waals surface area (Å²) in [5.74, 6) is 2.41. The molecule has 0 aliphatic heterocycles. The van der Waals surface area contributed by atoms with Crippen LogP contribution in [-0.4, -0.2) is 31.3 Å². The summed E-state index contributed by atoms with van der Waals surface area (Å²) < 4.78 is 17.0. The maximum atomic E-state index is 11.9. The summed E-state index contributed by atoms with van der Waals surface area (Å²) in [6.45, 7) is 7.90. The van der Waals surface area contributed by atoms with Crippen molar-refractivity contribution in [2.45, 2.75) is 90.8 Å². The molecule has 5 nitrogen and oxygen atoms in total. The Hall–Kier alpha value is -2.30. The van der Waals surface area contributed by atoms with Gasteiger partial charge in [0.25, 0.3) is 0 Å². The minimum absolute atomic E-state index is 0.0142. The van der Waals surface area contributed by atoms with Crippen LogP contribution in [0.3, 0.4) is 0 Å². The molecule has 3 unspecified atom stereocenters. The van der Waals surface area contributed by atoms with Gasteiger partial charge in [-0.2, -0.15) is 0 Å². The molecule has 1 aromatic carbocycles. The van der Waals surface area contributed by atoms with Crippen LogP contribution in [0.2, 0.25) is 0 Å². The Kier molecular flexibility index (Phi) is 6.26. The van der Waals surface area contributed by atoms with Crippen LogP contribution in [0.25, 0.3) is 0 Å². The largest absolute Gasteiger partial charge is 0.497 e. The standard InChI is InChI=1S/C30H40O5/c1-18(31)34-23-12-14-29(3)21(16-23)17-24(20-6-8-22(33-5)9-7-20)28-25-10-11-27(35-19(2)32)30(25,4)15-13-26(28)29/h6-9,17,23-28H,10-16H2,1-5H3/t23?,24?,25-,26-,27?,28-,29-,30-/m0/s1. The van der Waals surface area contributed by atoms with E-state index in [-0.39, 0.29) is 35.0 Å². The molecule has 0 bridgehead atoms. The van der Waals surface area contributed by atoms with Crippen molar-refractivity contribution in [1.82, 2.24) is 0 Å². The first-order chi connectivity index (χ1) is 16.7. The van der Waals surface area contributed by atoms with Crippen molar-refractivity contribution in [2.75, 3.05) is 7.11 Å². The molecule has 4 aliphatic carbocycles. The quantitative estimate of drug-likeness (QED) is 0.378. The second-order valence-corrected chi connectivity index (χ2v) is 11.9. The lowest BCUT2D eigenvalue weighted by Gasteiger charge is -2.60. The molecule has 0 aromatic heterocycles. The average Bonchev–Trinajstić information content (AvgIpc) is 3.14. The van der Waals surface area contributed by atoms with Crippen molar-refractivity contribution in [1.29, 1.82) is 0 Å². The summed E-state index contributed by atoms with van der Waals surface area (Å²) in [6, 6.07) is 8.57. The lowest BCUT2D eigenvalue weighted by Crippen LogP contribution is -2.53. The normalized spacial score (nSPS) is 40.0. The van der Waals surface area contributed by atoms with Gasteiger partial charge in [0.2, 0.25) is 0 Å². The molecule has 0 radical (unpaired) electrons. The highest BCUT2D eigenvalue weighted by atomic mass is 16.5. The zero-order valence-corrected chi connectivity index (χ0v) is 21.8. The first-order valence-corrected chi connectivity index (χ1v) is 13.4. The topological polar surface area (TPSA) is 61.8 Å². The Bertz CT molecular complexity index is 1010. The molecule has 0 spiro atoms. The molecule has 8 atom stereocenters. The van der Waals surface area contributed by atoms with Gasteiger partial charge in [0.05, 0.1) is 7.11 Å². The molecule has 5 heteroatoms. The number of hydrogen-bond donors (Lipinski definition) is 0. The Labute approximate surface area is 209 Å². The van der Waals surface area contributed by atoms with E-state index < -0.39 is 0 Å². The van der Waals surface area contributed by atoms with E-state index in [1.165, 1.54) is 18.1 Å². The van der Waals surface area contributed by atoms with E-state index in [0.29, 0.717) is 23.7 Å². The predicted molar refractivity (Wildman–Crippen MR) is 134 cm³/mol. The number of fused-ring (bicyclic) bond motifs is 5. The number of hydrogen-bond acceptors (Lipinski definition) is 5. The minimum atomic E-state index is -0.185. The molecule has 3 fully saturated rings. The van der Waals surface area contributed by atoms with Gasteiger partial charge >= 0.3 is 11.9 Å². The fourth-order valence-corrected chi connectivity index (χ4v) is 8.48. The molecule has 5 rings (SSSR count). The number of carbonyl (C=O) groups is 2. The van der Waals surface area contributed by atoms with E-state index in [1.54, 1.807) is 14.0 Å². The third kappa shape index (κ3) is 4.09. The number of rotatable bonds is 4. The molecule has 0 saturated heterocycles. The van der Waals surface area contributed by atoms with E-state index in [2.05, 4.69) is 44.2 Å². The number of esters is 2. The summed E-state index contributed by atoms with van der Waals surface area (Å²) >= 11 is 0. The lowest BCUT2D eigenvalue weighted by atomic mass is 9.45. The predicted octanol–water partition coefficient (Wildman–Crippen LogP) is 6.21. The maximum absolute atomic E-state index is 11.9. The van der Waals surface area contributed by atoms with Gasteiger partial charge in [-0.3, -0.25) is 9.59 Å². The van der Waals surface area contributed by atoms with Crippen molar-refractivity contribution in [2.24, 2.45) is 28.6 Å². The van der Waals surface area contributed by atoms with Gasteiger partial charge in [-0.1, -0.05) is 37.6 Å². The van der Waals surface area contributed by atoms with Gasteiger partial charge in [-0.25, -0.2) is 0 Å². The fourth-order valence-electron chi connectivity index (χ4n) is 8.48. The number of ether oxygens (including phenoxy) is 3. The Morgan fingerprint density at radius 2 is 1.60 bits per heavy atom. The second-order valence-electron chi connectivity index (χ2n) is 11.9. The maximum Gasteiger partial charge on any atom is 0.302 e. The van der Waals surface area contributed by atoms with E-state index in [1.807, 2.05) is 0 Å². The fraction of sp³-hybridized carbons (Fsp3) is 0.667. The zero-order chi connectivity index (χ0) is 25.0. The number of methoxy groups -OCH3 is 1. The van der Waals surface area contributed by atoms with Crippen LogP contribution in [0, 0.1) is 28.6 Å². The van der Waals surface area contributed by atoms with Gasteiger partial charge in [0.1, 0.15) is 18.0 Å². The van der Waals surface area contributed by atoms with Crippen molar-refractivity contribution in [3.63, 3.8) is 0 Å². The van der Waals surface area contributed by atoms with Crippen LogP contribution in [-0.2, 0) is 19.1 Å². The Balaban J connectivity index is 1.56. The molecule has 0 heterocycles. The van der Waals surface area contributed by atoms with Crippen molar-refractivity contribution in [3.05, 3.63) is 41.5 Å². The molecule has 4 aliphatic rings. The smallest absolute Gasteiger partial charge is 0.302 e. The Morgan fingerprint density at radius 1 is 0.886 bits per heavy atom. The highest BCUT2D eigenvalue weighted by molar-refractivity contribution is 5.66. The summed E-state index contributed by atoms with van der Waals surface area (Å²) in [4.78, 5) is 23.6. The molecular formula is C30H40O5. The second kappa shape index (κ2) is 8.97. The van der Waals surface area contributed by atoms with Crippen LogP contribution in [0.5, 0.6) is 5.75 Å². The molecule has 3 saturated carbocycles. The van der Waals surface area contributed by atoms with Gasteiger partial charge < -0.3 is 14.2 Å². The molecule has 0 amide bonds. The minimum Gasteiger partial charge on any atom is -0.497 e. The van der Waals surface area contributed by atoms with Gasteiger partial charge in [-0.05, 0) is 79.4 Å². The third-order valence-corrected chi connectivity index (χ3v) is 10.2. The molecule has 1 aromatic rings. The summed E-state index contributed by atoms with van der Waals surface area (Å²) in [5.41, 5.74) is 2.94. The van der Waals surface area contributed by atoms with E-state index >= 15 is 0 Å². The molecule has 35 heavy (non-hydrogen) atoms. The van der Waals surface area contributed by atoms with Crippen molar-refractivity contribution < 1.29 is 23.8 Å². The summed E-state index contributed by atoms with van der Waals surface area (Å²) in [6.07, 6.45) is 9.67. The monoisotopic (exact) mass is 480 g/mol.